The number of rotatable bonds is 3. The number of sulfonamides is 1. The topological polar surface area (TPSA) is 63.4 Å². The van der Waals surface area contributed by atoms with E-state index >= 15 is 0 Å². The fourth-order valence-corrected chi connectivity index (χ4v) is 5.66. The SMILES string of the molecule is Cc1sc(CN)cc1S(=O)(=O)N1CCC(C(C)(C)C)C1. The van der Waals surface area contributed by atoms with E-state index in [0.717, 1.165) is 16.2 Å². The highest BCUT2D eigenvalue weighted by Gasteiger charge is 2.38. The van der Waals surface area contributed by atoms with Gasteiger partial charge in [-0.2, -0.15) is 4.31 Å². The van der Waals surface area contributed by atoms with Crippen molar-refractivity contribution in [2.24, 2.45) is 17.1 Å². The molecule has 0 aromatic carbocycles. The van der Waals surface area contributed by atoms with Crippen molar-refractivity contribution in [3.63, 3.8) is 0 Å². The average molecular weight is 316 g/mol. The maximum Gasteiger partial charge on any atom is 0.244 e. The van der Waals surface area contributed by atoms with Gasteiger partial charge in [-0.1, -0.05) is 20.8 Å². The fraction of sp³-hybridized carbons (Fsp3) is 0.714. The first kappa shape index (κ1) is 15.9. The zero-order valence-corrected chi connectivity index (χ0v) is 14.3. The molecule has 0 radical (unpaired) electrons. The zero-order valence-electron chi connectivity index (χ0n) is 12.6. The monoisotopic (exact) mass is 316 g/mol. The lowest BCUT2D eigenvalue weighted by atomic mass is 9.80. The summed E-state index contributed by atoms with van der Waals surface area (Å²) in [6.45, 7) is 10.0. The zero-order chi connectivity index (χ0) is 15.1. The molecule has 1 aromatic rings. The molecule has 1 saturated heterocycles. The molecule has 1 fully saturated rings. The first-order valence-corrected chi connectivity index (χ1v) is 9.21. The fourth-order valence-electron chi connectivity index (χ4n) is 2.67. The van der Waals surface area contributed by atoms with Gasteiger partial charge in [-0.05, 0) is 30.7 Å². The van der Waals surface area contributed by atoms with Crippen molar-refractivity contribution in [1.82, 2.24) is 4.31 Å². The van der Waals surface area contributed by atoms with E-state index < -0.39 is 10.0 Å². The Bertz CT molecular complexity index is 585. The molecule has 0 spiro atoms. The van der Waals surface area contributed by atoms with E-state index in [4.69, 9.17) is 5.73 Å². The second kappa shape index (κ2) is 5.40. The summed E-state index contributed by atoms with van der Waals surface area (Å²) in [6.07, 6.45) is 0.940. The Hall–Kier alpha value is -0.430. The van der Waals surface area contributed by atoms with Crippen LogP contribution in [0.1, 0.15) is 36.9 Å². The van der Waals surface area contributed by atoms with Crippen LogP contribution in [0.3, 0.4) is 0 Å². The summed E-state index contributed by atoms with van der Waals surface area (Å²) >= 11 is 1.48. The van der Waals surface area contributed by atoms with Crippen molar-refractivity contribution in [2.75, 3.05) is 13.1 Å². The lowest BCUT2D eigenvalue weighted by Gasteiger charge is -2.26. The summed E-state index contributed by atoms with van der Waals surface area (Å²) in [4.78, 5) is 2.20. The average Bonchev–Trinajstić information content (AvgIpc) is 2.94. The smallest absolute Gasteiger partial charge is 0.244 e. The molecule has 0 bridgehead atoms. The highest BCUT2D eigenvalue weighted by molar-refractivity contribution is 7.89. The third kappa shape index (κ3) is 2.93. The third-order valence-corrected chi connectivity index (χ3v) is 7.31. The third-order valence-electron chi connectivity index (χ3n) is 4.12. The normalized spacial score (nSPS) is 21.6. The van der Waals surface area contributed by atoms with E-state index in [0.29, 0.717) is 30.4 Å². The Morgan fingerprint density at radius 2 is 2.10 bits per heavy atom. The van der Waals surface area contributed by atoms with Gasteiger partial charge in [-0.15, -0.1) is 11.3 Å². The van der Waals surface area contributed by atoms with Gasteiger partial charge in [0.2, 0.25) is 10.0 Å². The molecular weight excluding hydrogens is 292 g/mol. The lowest BCUT2D eigenvalue weighted by Crippen LogP contribution is -2.31. The molecule has 2 N–H and O–H groups in total. The summed E-state index contributed by atoms with van der Waals surface area (Å²) in [7, 11) is -3.36. The number of nitrogens with zero attached hydrogens (tertiary/aromatic N) is 1. The molecule has 1 aliphatic heterocycles. The molecule has 1 atom stereocenters. The Balaban J connectivity index is 2.26. The number of hydrogen-bond acceptors (Lipinski definition) is 4. The molecule has 1 aliphatic rings. The van der Waals surface area contributed by atoms with Crippen LogP contribution in [0.15, 0.2) is 11.0 Å². The predicted octanol–water partition coefficient (Wildman–Crippen LogP) is 2.57. The van der Waals surface area contributed by atoms with Crippen molar-refractivity contribution in [3.05, 3.63) is 15.8 Å². The number of thiophene rings is 1. The van der Waals surface area contributed by atoms with Gasteiger partial charge in [0.1, 0.15) is 0 Å². The molecule has 2 heterocycles. The molecule has 1 unspecified atom stereocenters. The van der Waals surface area contributed by atoms with Crippen LogP contribution in [0, 0.1) is 18.3 Å². The minimum absolute atomic E-state index is 0.149. The van der Waals surface area contributed by atoms with E-state index in [1.165, 1.54) is 11.3 Å². The second-order valence-electron chi connectivity index (χ2n) is 6.55. The summed E-state index contributed by atoms with van der Waals surface area (Å²) in [5, 5.41) is 0. The first-order valence-electron chi connectivity index (χ1n) is 6.96. The Kier molecular flexibility index (Phi) is 4.31. The Labute approximate surface area is 126 Å². The maximum absolute atomic E-state index is 12.7. The highest BCUT2D eigenvalue weighted by Crippen LogP contribution is 2.37. The van der Waals surface area contributed by atoms with Crippen LogP contribution < -0.4 is 5.73 Å². The van der Waals surface area contributed by atoms with Crippen LogP contribution in [-0.4, -0.2) is 25.8 Å². The van der Waals surface area contributed by atoms with Crippen molar-refractivity contribution >= 4 is 21.4 Å². The van der Waals surface area contributed by atoms with E-state index in [-0.39, 0.29) is 5.41 Å². The van der Waals surface area contributed by atoms with E-state index in [2.05, 4.69) is 20.8 Å². The quantitative estimate of drug-likeness (QED) is 0.932. The predicted molar refractivity (Wildman–Crippen MR) is 83.3 cm³/mol. The minimum atomic E-state index is -3.36. The van der Waals surface area contributed by atoms with Gasteiger partial charge in [-0.25, -0.2) is 8.42 Å². The second-order valence-corrected chi connectivity index (χ2v) is 9.80. The van der Waals surface area contributed by atoms with Crippen molar-refractivity contribution in [2.45, 2.75) is 45.6 Å². The van der Waals surface area contributed by atoms with Crippen LogP contribution in [0.25, 0.3) is 0 Å². The van der Waals surface area contributed by atoms with E-state index in [1.54, 1.807) is 10.4 Å². The summed E-state index contributed by atoms with van der Waals surface area (Å²) in [6, 6.07) is 1.74. The number of hydrogen-bond donors (Lipinski definition) is 1. The molecule has 0 saturated carbocycles. The molecule has 2 rings (SSSR count). The largest absolute Gasteiger partial charge is 0.326 e. The summed E-state index contributed by atoms with van der Waals surface area (Å²) in [5.41, 5.74) is 5.76. The molecule has 114 valence electrons. The van der Waals surface area contributed by atoms with Crippen LogP contribution in [0.4, 0.5) is 0 Å². The first-order chi connectivity index (χ1) is 9.16. The van der Waals surface area contributed by atoms with Crippen LogP contribution >= 0.6 is 11.3 Å². The van der Waals surface area contributed by atoms with E-state index in [9.17, 15) is 8.42 Å². The van der Waals surface area contributed by atoms with Crippen LogP contribution in [-0.2, 0) is 16.6 Å². The number of aryl methyl sites for hydroxylation is 1. The number of nitrogens with two attached hydrogens (primary N) is 1. The summed E-state index contributed by atoms with van der Waals surface area (Å²) in [5.74, 6) is 0.421. The lowest BCUT2D eigenvalue weighted by molar-refractivity contribution is 0.252. The van der Waals surface area contributed by atoms with Gasteiger partial charge in [0.15, 0.2) is 0 Å². The molecule has 0 amide bonds. The van der Waals surface area contributed by atoms with Gasteiger partial charge in [-0.3, -0.25) is 0 Å². The van der Waals surface area contributed by atoms with Crippen molar-refractivity contribution in [1.29, 1.82) is 0 Å². The van der Waals surface area contributed by atoms with Gasteiger partial charge >= 0.3 is 0 Å². The molecule has 20 heavy (non-hydrogen) atoms. The van der Waals surface area contributed by atoms with Crippen LogP contribution in [0.2, 0.25) is 0 Å². The van der Waals surface area contributed by atoms with Crippen LogP contribution in [0.5, 0.6) is 0 Å². The minimum Gasteiger partial charge on any atom is -0.326 e. The molecular formula is C14H24N2O2S2. The van der Waals surface area contributed by atoms with Crippen molar-refractivity contribution in [3.8, 4) is 0 Å². The molecule has 0 aliphatic carbocycles. The highest BCUT2D eigenvalue weighted by atomic mass is 32.2. The molecule has 4 nitrogen and oxygen atoms in total. The molecule has 6 heteroatoms. The summed E-state index contributed by atoms with van der Waals surface area (Å²) < 4.78 is 27.1. The van der Waals surface area contributed by atoms with Gasteiger partial charge in [0.05, 0.1) is 4.90 Å². The van der Waals surface area contributed by atoms with Gasteiger partial charge in [0, 0.05) is 29.4 Å². The Morgan fingerprint density at radius 1 is 1.45 bits per heavy atom. The molecule has 1 aromatic heterocycles. The Morgan fingerprint density at radius 3 is 2.55 bits per heavy atom. The standard InChI is InChI=1S/C14H24N2O2S2/c1-10-13(7-12(8-15)19-10)20(17,18)16-6-5-11(9-16)14(2,3)4/h7,11H,5-6,8-9,15H2,1-4H3. The van der Waals surface area contributed by atoms with Crippen molar-refractivity contribution < 1.29 is 8.42 Å². The van der Waals surface area contributed by atoms with Gasteiger partial charge in [0.25, 0.3) is 0 Å². The van der Waals surface area contributed by atoms with Gasteiger partial charge < -0.3 is 5.73 Å². The maximum atomic E-state index is 12.7. The van der Waals surface area contributed by atoms with E-state index in [1.807, 2.05) is 6.92 Å².